The van der Waals surface area contributed by atoms with E-state index in [1.807, 2.05) is 50.2 Å². The largest absolute Gasteiger partial charge is 0.369 e. The summed E-state index contributed by atoms with van der Waals surface area (Å²) in [6.07, 6.45) is 0. The van der Waals surface area contributed by atoms with E-state index in [0.29, 0.717) is 26.2 Å². The van der Waals surface area contributed by atoms with E-state index in [1.54, 1.807) is 4.31 Å². The van der Waals surface area contributed by atoms with E-state index in [4.69, 9.17) is 0 Å². The van der Waals surface area contributed by atoms with Crippen molar-refractivity contribution in [3.05, 3.63) is 47.5 Å². The number of benzene rings is 1. The first-order valence-electron chi connectivity index (χ1n) is 8.84. The van der Waals surface area contributed by atoms with Crippen molar-refractivity contribution < 1.29 is 8.42 Å². The van der Waals surface area contributed by atoms with E-state index < -0.39 is 10.0 Å². The highest BCUT2D eigenvalue weighted by atomic mass is 32.2. The molecule has 0 aliphatic carbocycles. The molecule has 0 spiro atoms. The molecule has 1 saturated heterocycles. The highest BCUT2D eigenvalue weighted by Gasteiger charge is 2.27. The van der Waals surface area contributed by atoms with Crippen LogP contribution >= 0.6 is 0 Å². The van der Waals surface area contributed by atoms with Crippen LogP contribution in [0, 0.1) is 6.92 Å². The summed E-state index contributed by atoms with van der Waals surface area (Å²) in [6, 6.07) is 11.5. The van der Waals surface area contributed by atoms with Crippen LogP contribution in [0.25, 0.3) is 0 Å². The predicted molar refractivity (Wildman–Crippen MR) is 104 cm³/mol. The maximum absolute atomic E-state index is 12.7. The van der Waals surface area contributed by atoms with E-state index in [0.717, 1.165) is 29.3 Å². The number of sulfonamides is 1. The molecular weight excluding hydrogens is 350 g/mol. The molecule has 140 valence electrons. The van der Waals surface area contributed by atoms with Gasteiger partial charge in [0.1, 0.15) is 5.82 Å². The van der Waals surface area contributed by atoms with E-state index in [9.17, 15) is 8.42 Å². The SMILES string of the molecule is CCNc1ccc(N2CCN(S(=O)(=O)Cc3ccc(C)cc3)CC2)nn1. The van der Waals surface area contributed by atoms with Gasteiger partial charge >= 0.3 is 0 Å². The van der Waals surface area contributed by atoms with Gasteiger partial charge in [-0.2, -0.15) is 4.31 Å². The standard InChI is InChI=1S/C18H25N5O2S/c1-3-19-17-8-9-18(21-20-17)22-10-12-23(13-11-22)26(24,25)14-16-6-4-15(2)5-7-16/h4-9H,3,10-14H2,1-2H3,(H,19,20). The van der Waals surface area contributed by atoms with Crippen molar-refractivity contribution >= 4 is 21.7 Å². The van der Waals surface area contributed by atoms with Crippen LogP contribution in [-0.4, -0.2) is 55.6 Å². The highest BCUT2D eigenvalue weighted by molar-refractivity contribution is 7.88. The molecule has 0 atom stereocenters. The van der Waals surface area contributed by atoms with Crippen molar-refractivity contribution in [1.82, 2.24) is 14.5 Å². The van der Waals surface area contributed by atoms with Gasteiger partial charge < -0.3 is 10.2 Å². The van der Waals surface area contributed by atoms with Gasteiger partial charge in [0.15, 0.2) is 5.82 Å². The number of nitrogens with zero attached hydrogens (tertiary/aromatic N) is 4. The average Bonchev–Trinajstić information content (AvgIpc) is 2.65. The molecule has 0 bridgehead atoms. The Balaban J connectivity index is 1.59. The van der Waals surface area contributed by atoms with Crippen LogP contribution in [0.5, 0.6) is 0 Å². The Morgan fingerprint density at radius 3 is 2.27 bits per heavy atom. The minimum atomic E-state index is -3.31. The van der Waals surface area contributed by atoms with Crippen LogP contribution in [0.4, 0.5) is 11.6 Å². The zero-order chi connectivity index (χ0) is 18.6. The zero-order valence-corrected chi connectivity index (χ0v) is 16.0. The summed E-state index contributed by atoms with van der Waals surface area (Å²) >= 11 is 0. The molecule has 1 fully saturated rings. The Kier molecular flexibility index (Phi) is 5.73. The molecule has 2 heterocycles. The minimum Gasteiger partial charge on any atom is -0.369 e. The molecule has 1 aliphatic rings. The molecule has 1 aromatic heterocycles. The lowest BCUT2D eigenvalue weighted by atomic mass is 10.2. The first kappa shape index (κ1) is 18.6. The molecule has 0 unspecified atom stereocenters. The number of hydrogen-bond acceptors (Lipinski definition) is 6. The van der Waals surface area contributed by atoms with E-state index in [1.165, 1.54) is 0 Å². The molecule has 2 aromatic rings. The second-order valence-electron chi connectivity index (χ2n) is 6.44. The summed E-state index contributed by atoms with van der Waals surface area (Å²) < 4.78 is 26.9. The molecule has 8 heteroatoms. The normalized spacial score (nSPS) is 15.8. The van der Waals surface area contributed by atoms with Gasteiger partial charge in [0.05, 0.1) is 5.75 Å². The first-order valence-corrected chi connectivity index (χ1v) is 10.4. The fourth-order valence-corrected chi connectivity index (χ4v) is 4.47. The summed E-state index contributed by atoms with van der Waals surface area (Å²) in [5, 5.41) is 11.5. The third-order valence-corrected chi connectivity index (χ3v) is 6.28. The van der Waals surface area contributed by atoms with Crippen molar-refractivity contribution in [3.8, 4) is 0 Å². The molecule has 1 aliphatic heterocycles. The van der Waals surface area contributed by atoms with Crippen molar-refractivity contribution in [3.63, 3.8) is 0 Å². The lowest BCUT2D eigenvalue weighted by Crippen LogP contribution is -2.49. The maximum atomic E-state index is 12.7. The summed E-state index contributed by atoms with van der Waals surface area (Å²) in [6.45, 7) is 6.95. The van der Waals surface area contributed by atoms with Crippen molar-refractivity contribution in [1.29, 1.82) is 0 Å². The molecule has 7 nitrogen and oxygen atoms in total. The van der Waals surface area contributed by atoms with Crippen LogP contribution < -0.4 is 10.2 Å². The van der Waals surface area contributed by atoms with Crippen LogP contribution in [0.1, 0.15) is 18.1 Å². The summed E-state index contributed by atoms with van der Waals surface area (Å²) in [4.78, 5) is 2.07. The second-order valence-corrected chi connectivity index (χ2v) is 8.40. The molecule has 3 rings (SSSR count). The van der Waals surface area contributed by atoms with Gasteiger partial charge in [-0.3, -0.25) is 0 Å². The average molecular weight is 375 g/mol. The predicted octanol–water partition coefficient (Wildman–Crippen LogP) is 1.87. The Morgan fingerprint density at radius 2 is 1.69 bits per heavy atom. The van der Waals surface area contributed by atoms with Crippen LogP contribution in [0.3, 0.4) is 0 Å². The number of anilines is 2. The first-order chi connectivity index (χ1) is 12.5. The molecule has 1 aromatic carbocycles. The Morgan fingerprint density at radius 1 is 1.00 bits per heavy atom. The number of aromatic nitrogens is 2. The summed E-state index contributed by atoms with van der Waals surface area (Å²) in [7, 11) is -3.31. The summed E-state index contributed by atoms with van der Waals surface area (Å²) in [5.41, 5.74) is 1.95. The van der Waals surface area contributed by atoms with Crippen LogP contribution in [0.15, 0.2) is 36.4 Å². The topological polar surface area (TPSA) is 78.4 Å². The maximum Gasteiger partial charge on any atom is 0.218 e. The van der Waals surface area contributed by atoms with Crippen molar-refractivity contribution in [2.24, 2.45) is 0 Å². The van der Waals surface area contributed by atoms with Gasteiger partial charge in [-0.1, -0.05) is 29.8 Å². The third-order valence-electron chi connectivity index (χ3n) is 4.43. The van der Waals surface area contributed by atoms with Crippen molar-refractivity contribution in [2.45, 2.75) is 19.6 Å². The lowest BCUT2D eigenvalue weighted by molar-refractivity contribution is 0.383. The number of piperazine rings is 1. The van der Waals surface area contributed by atoms with E-state index in [2.05, 4.69) is 20.4 Å². The fourth-order valence-electron chi connectivity index (χ4n) is 2.95. The number of aryl methyl sites for hydroxylation is 1. The van der Waals surface area contributed by atoms with Crippen LogP contribution in [-0.2, 0) is 15.8 Å². The van der Waals surface area contributed by atoms with E-state index >= 15 is 0 Å². The summed E-state index contributed by atoms with van der Waals surface area (Å²) in [5.74, 6) is 1.57. The lowest BCUT2D eigenvalue weighted by Gasteiger charge is -2.34. The van der Waals surface area contributed by atoms with E-state index in [-0.39, 0.29) is 5.75 Å². The molecule has 0 saturated carbocycles. The Labute approximate surface area is 155 Å². The third kappa shape index (κ3) is 4.50. The minimum absolute atomic E-state index is 0.0461. The van der Waals surface area contributed by atoms with Crippen LogP contribution in [0.2, 0.25) is 0 Å². The second kappa shape index (κ2) is 8.01. The molecule has 26 heavy (non-hydrogen) atoms. The monoisotopic (exact) mass is 375 g/mol. The number of nitrogens with one attached hydrogen (secondary N) is 1. The number of hydrogen-bond donors (Lipinski definition) is 1. The van der Waals surface area contributed by atoms with Gasteiger partial charge in [0.2, 0.25) is 10.0 Å². The quantitative estimate of drug-likeness (QED) is 0.830. The Bertz CT molecular complexity index is 814. The molecular formula is C18H25N5O2S. The van der Waals surface area contributed by atoms with Gasteiger partial charge in [0, 0.05) is 32.7 Å². The number of rotatable bonds is 6. The van der Waals surface area contributed by atoms with Gasteiger partial charge in [-0.25, -0.2) is 8.42 Å². The zero-order valence-electron chi connectivity index (χ0n) is 15.2. The Hall–Kier alpha value is -2.19. The molecule has 0 amide bonds. The fraction of sp³-hybridized carbons (Fsp3) is 0.444. The smallest absolute Gasteiger partial charge is 0.218 e. The van der Waals surface area contributed by atoms with Gasteiger partial charge in [0.25, 0.3) is 0 Å². The van der Waals surface area contributed by atoms with Crippen molar-refractivity contribution in [2.75, 3.05) is 42.9 Å². The highest BCUT2D eigenvalue weighted by Crippen LogP contribution is 2.18. The molecule has 1 N–H and O–H groups in total. The van der Waals surface area contributed by atoms with Gasteiger partial charge in [-0.15, -0.1) is 10.2 Å². The molecule has 0 radical (unpaired) electrons. The van der Waals surface area contributed by atoms with Gasteiger partial charge in [-0.05, 0) is 31.5 Å².